The predicted octanol–water partition coefficient (Wildman–Crippen LogP) is 2.78. The molecule has 2 aromatic carbocycles. The molecule has 1 amide bonds. The second-order valence-corrected chi connectivity index (χ2v) is 6.96. The lowest BCUT2D eigenvalue weighted by atomic mass is 10.1. The van der Waals surface area contributed by atoms with E-state index in [1.165, 1.54) is 23.1 Å². The molecule has 4 rings (SSSR count). The zero-order chi connectivity index (χ0) is 18.8. The number of anilines is 1. The highest BCUT2D eigenvalue weighted by molar-refractivity contribution is 6.11. The number of nitrogens with one attached hydrogen (secondary N) is 1. The number of amides is 1. The van der Waals surface area contributed by atoms with Gasteiger partial charge in [-0.1, -0.05) is 30.3 Å². The molecule has 6 heteroatoms. The Morgan fingerprint density at radius 2 is 1.70 bits per heavy atom. The van der Waals surface area contributed by atoms with Gasteiger partial charge in [0.05, 0.1) is 5.39 Å². The Labute approximate surface area is 157 Å². The summed E-state index contributed by atoms with van der Waals surface area (Å²) in [5, 5.41) is 8.10. The molecule has 1 N–H and O–H groups in total. The van der Waals surface area contributed by atoms with Crippen molar-refractivity contribution in [2.75, 3.05) is 18.4 Å². The molecule has 3 aromatic rings. The van der Waals surface area contributed by atoms with Crippen molar-refractivity contribution in [1.82, 2.24) is 14.7 Å². The van der Waals surface area contributed by atoms with Crippen LogP contribution in [0.1, 0.15) is 28.9 Å². The van der Waals surface area contributed by atoms with Gasteiger partial charge in [-0.05, 0) is 49.7 Å². The predicted molar refractivity (Wildman–Crippen MR) is 106 cm³/mol. The first kappa shape index (κ1) is 17.4. The van der Waals surface area contributed by atoms with Gasteiger partial charge in [0, 0.05) is 24.7 Å². The number of carbonyl (C=O) groups excluding carboxylic acids is 1. The van der Waals surface area contributed by atoms with E-state index in [4.69, 9.17) is 0 Å². The standard InChI is InChI=1S/C21H22N4O2/c1-24-21(27)18-7-3-2-6-17(18)19(23-24)20(26)22-16-10-8-15(9-11-16)14-25-12-4-5-13-25/h2-3,6-11H,4-5,12-14H2,1H3,(H,22,26). The van der Waals surface area contributed by atoms with Gasteiger partial charge in [-0.3, -0.25) is 14.5 Å². The molecule has 2 heterocycles. The molecule has 0 atom stereocenters. The van der Waals surface area contributed by atoms with Gasteiger partial charge in [0.15, 0.2) is 5.69 Å². The molecule has 0 unspecified atom stereocenters. The Morgan fingerprint density at radius 3 is 2.41 bits per heavy atom. The molecule has 0 radical (unpaired) electrons. The number of rotatable bonds is 4. The van der Waals surface area contributed by atoms with Gasteiger partial charge in [-0.2, -0.15) is 5.10 Å². The fraction of sp³-hybridized carbons (Fsp3) is 0.286. The minimum Gasteiger partial charge on any atom is -0.321 e. The molecule has 1 aliphatic heterocycles. The normalized spacial score (nSPS) is 14.6. The summed E-state index contributed by atoms with van der Waals surface area (Å²) in [5.74, 6) is -0.325. The molecule has 6 nitrogen and oxygen atoms in total. The number of fused-ring (bicyclic) bond motifs is 1. The largest absolute Gasteiger partial charge is 0.321 e. The van der Waals surface area contributed by atoms with Gasteiger partial charge in [-0.15, -0.1) is 0 Å². The van der Waals surface area contributed by atoms with Gasteiger partial charge in [0.2, 0.25) is 0 Å². The Balaban J connectivity index is 1.55. The van der Waals surface area contributed by atoms with E-state index in [1.807, 2.05) is 24.3 Å². The number of hydrogen-bond donors (Lipinski definition) is 1. The van der Waals surface area contributed by atoms with Crippen LogP contribution in [0.25, 0.3) is 10.8 Å². The van der Waals surface area contributed by atoms with Crippen molar-refractivity contribution in [3.63, 3.8) is 0 Å². The Hall–Kier alpha value is -2.99. The lowest BCUT2D eigenvalue weighted by Gasteiger charge is -2.15. The van der Waals surface area contributed by atoms with Crippen LogP contribution in [0, 0.1) is 0 Å². The smallest absolute Gasteiger partial charge is 0.276 e. The Bertz CT molecular complexity index is 1030. The van der Waals surface area contributed by atoms with E-state index in [2.05, 4.69) is 15.3 Å². The number of likely N-dealkylation sites (tertiary alicyclic amines) is 1. The molecular weight excluding hydrogens is 340 g/mol. The summed E-state index contributed by atoms with van der Waals surface area (Å²) in [6, 6.07) is 14.9. The van der Waals surface area contributed by atoms with E-state index in [1.54, 1.807) is 31.3 Å². The third kappa shape index (κ3) is 3.61. The quantitative estimate of drug-likeness (QED) is 0.775. The number of aryl methyl sites for hydroxylation is 1. The molecule has 1 saturated heterocycles. The molecule has 1 aromatic heterocycles. The second kappa shape index (κ2) is 7.32. The summed E-state index contributed by atoms with van der Waals surface area (Å²) in [6.45, 7) is 3.26. The van der Waals surface area contributed by atoms with Gasteiger partial charge in [-0.25, -0.2) is 4.68 Å². The number of carbonyl (C=O) groups is 1. The van der Waals surface area contributed by atoms with Crippen molar-refractivity contribution < 1.29 is 4.79 Å². The van der Waals surface area contributed by atoms with Crippen LogP contribution in [-0.4, -0.2) is 33.7 Å². The van der Waals surface area contributed by atoms with Gasteiger partial charge < -0.3 is 5.32 Å². The summed E-state index contributed by atoms with van der Waals surface area (Å²) in [6.07, 6.45) is 2.54. The number of benzene rings is 2. The van der Waals surface area contributed by atoms with E-state index in [0.717, 1.165) is 19.6 Å². The topological polar surface area (TPSA) is 67.2 Å². The molecule has 1 fully saturated rings. The van der Waals surface area contributed by atoms with Crippen LogP contribution < -0.4 is 10.9 Å². The molecule has 1 aliphatic rings. The molecule has 0 spiro atoms. The van der Waals surface area contributed by atoms with Gasteiger partial charge in [0.25, 0.3) is 11.5 Å². The number of aromatic nitrogens is 2. The fourth-order valence-electron chi connectivity index (χ4n) is 3.55. The van der Waals surface area contributed by atoms with Crippen LogP contribution in [0.3, 0.4) is 0 Å². The van der Waals surface area contributed by atoms with Crippen LogP contribution in [0.5, 0.6) is 0 Å². The molecule has 0 aliphatic carbocycles. The van der Waals surface area contributed by atoms with Gasteiger partial charge >= 0.3 is 0 Å². The monoisotopic (exact) mass is 362 g/mol. The first-order chi connectivity index (χ1) is 13.1. The van der Waals surface area contributed by atoms with Crippen molar-refractivity contribution in [1.29, 1.82) is 0 Å². The van der Waals surface area contributed by atoms with E-state index < -0.39 is 0 Å². The van der Waals surface area contributed by atoms with Crippen molar-refractivity contribution in [3.8, 4) is 0 Å². The highest BCUT2D eigenvalue weighted by Gasteiger charge is 2.16. The molecule has 0 saturated carbocycles. The average Bonchev–Trinajstić information content (AvgIpc) is 3.19. The fourth-order valence-corrected chi connectivity index (χ4v) is 3.55. The Kier molecular flexibility index (Phi) is 4.73. The van der Waals surface area contributed by atoms with E-state index in [9.17, 15) is 9.59 Å². The zero-order valence-electron chi connectivity index (χ0n) is 15.3. The van der Waals surface area contributed by atoms with Crippen LogP contribution in [0.2, 0.25) is 0 Å². The van der Waals surface area contributed by atoms with E-state index in [-0.39, 0.29) is 17.2 Å². The molecular formula is C21H22N4O2. The summed E-state index contributed by atoms with van der Waals surface area (Å²) in [5.41, 5.74) is 1.98. The van der Waals surface area contributed by atoms with Crippen molar-refractivity contribution in [2.24, 2.45) is 7.05 Å². The minimum absolute atomic E-state index is 0.214. The number of hydrogen-bond acceptors (Lipinski definition) is 4. The average molecular weight is 362 g/mol. The maximum Gasteiger partial charge on any atom is 0.276 e. The lowest BCUT2D eigenvalue weighted by Crippen LogP contribution is -2.25. The van der Waals surface area contributed by atoms with Crippen LogP contribution in [0.15, 0.2) is 53.3 Å². The number of nitrogens with zero attached hydrogens (tertiary/aromatic N) is 3. The summed E-state index contributed by atoms with van der Waals surface area (Å²) >= 11 is 0. The maximum absolute atomic E-state index is 12.8. The van der Waals surface area contributed by atoms with Crippen LogP contribution in [-0.2, 0) is 13.6 Å². The van der Waals surface area contributed by atoms with E-state index in [0.29, 0.717) is 16.5 Å². The highest BCUT2D eigenvalue weighted by Crippen LogP contribution is 2.17. The summed E-state index contributed by atoms with van der Waals surface area (Å²) in [7, 11) is 1.55. The first-order valence-corrected chi connectivity index (χ1v) is 9.20. The van der Waals surface area contributed by atoms with Crippen LogP contribution in [0.4, 0.5) is 5.69 Å². The Morgan fingerprint density at radius 1 is 1.04 bits per heavy atom. The first-order valence-electron chi connectivity index (χ1n) is 9.20. The second-order valence-electron chi connectivity index (χ2n) is 6.96. The third-order valence-corrected chi connectivity index (χ3v) is 4.99. The van der Waals surface area contributed by atoms with E-state index >= 15 is 0 Å². The van der Waals surface area contributed by atoms with Crippen molar-refractivity contribution in [3.05, 3.63) is 70.1 Å². The minimum atomic E-state index is -0.325. The highest BCUT2D eigenvalue weighted by atomic mass is 16.2. The van der Waals surface area contributed by atoms with Crippen LogP contribution >= 0.6 is 0 Å². The summed E-state index contributed by atoms with van der Waals surface area (Å²) in [4.78, 5) is 27.4. The van der Waals surface area contributed by atoms with Crippen molar-refractivity contribution >= 4 is 22.4 Å². The lowest BCUT2D eigenvalue weighted by molar-refractivity contribution is 0.102. The SMILES string of the molecule is Cn1nc(C(=O)Nc2ccc(CN3CCCC3)cc2)c2ccccc2c1=O. The van der Waals surface area contributed by atoms with Crippen molar-refractivity contribution in [2.45, 2.75) is 19.4 Å². The maximum atomic E-state index is 12.8. The molecule has 27 heavy (non-hydrogen) atoms. The third-order valence-electron chi connectivity index (χ3n) is 4.99. The molecule has 0 bridgehead atoms. The zero-order valence-corrected chi connectivity index (χ0v) is 15.3. The molecule has 138 valence electrons. The summed E-state index contributed by atoms with van der Waals surface area (Å²) < 4.78 is 1.20. The van der Waals surface area contributed by atoms with Gasteiger partial charge in [0.1, 0.15) is 0 Å².